The number of nitrogens with zero attached hydrogens (tertiary/aromatic N) is 2. The van der Waals surface area contributed by atoms with E-state index < -0.39 is 5.56 Å². The van der Waals surface area contributed by atoms with Crippen LogP contribution < -0.4 is 16.2 Å². The maximum atomic E-state index is 12.0. The van der Waals surface area contributed by atoms with E-state index in [1.54, 1.807) is 12.1 Å². The van der Waals surface area contributed by atoms with Crippen LogP contribution in [0.15, 0.2) is 59.7 Å². The number of hydrogen-bond donors (Lipinski definition) is 2. The molecule has 5 nitrogen and oxygen atoms in total. The van der Waals surface area contributed by atoms with Crippen LogP contribution in [0.4, 0.5) is 11.4 Å². The van der Waals surface area contributed by atoms with Crippen molar-refractivity contribution in [2.75, 3.05) is 11.6 Å². The fourth-order valence-corrected chi connectivity index (χ4v) is 2.16. The maximum absolute atomic E-state index is 12.0. The molecule has 0 aliphatic heterocycles. The van der Waals surface area contributed by atoms with Gasteiger partial charge in [-0.1, -0.05) is 18.2 Å². The molecule has 3 N–H and O–H groups in total. The minimum atomic E-state index is -0.396. The number of aromatic nitrogens is 2. The summed E-state index contributed by atoms with van der Waals surface area (Å²) in [5.41, 5.74) is 7.74. The molecule has 0 radical (unpaired) electrons. The zero-order chi connectivity index (χ0) is 14.8. The second-order valence-corrected chi connectivity index (χ2v) is 4.33. The normalized spacial score (nSPS) is 11.3. The van der Waals surface area contributed by atoms with Gasteiger partial charge < -0.3 is 15.6 Å². The highest BCUT2D eigenvalue weighted by molar-refractivity contribution is 5.83. The number of aromatic amines is 1. The van der Waals surface area contributed by atoms with Crippen LogP contribution in [-0.4, -0.2) is 16.6 Å². The minimum Gasteiger partial charge on any atom is -0.328 e. The van der Waals surface area contributed by atoms with Gasteiger partial charge in [0.25, 0.3) is 5.56 Å². The predicted octanol–water partition coefficient (Wildman–Crippen LogP) is 1.98. The lowest BCUT2D eigenvalue weighted by Gasteiger charge is -2.23. The van der Waals surface area contributed by atoms with Crippen LogP contribution >= 0.6 is 0 Å². The van der Waals surface area contributed by atoms with Crippen LogP contribution in [0.2, 0.25) is 1.41 Å². The molecule has 0 atom stereocenters. The van der Waals surface area contributed by atoms with E-state index in [1.165, 1.54) is 6.33 Å². The van der Waals surface area contributed by atoms with E-state index in [0.29, 0.717) is 10.9 Å². The van der Waals surface area contributed by atoms with Gasteiger partial charge in [-0.25, -0.2) is 4.98 Å². The summed E-state index contributed by atoms with van der Waals surface area (Å²) in [5.74, 6) is 0. The molecule has 0 aliphatic rings. The molecule has 3 aromatic rings. The summed E-state index contributed by atoms with van der Waals surface area (Å²) in [6.45, 7) is 0.283. The van der Waals surface area contributed by atoms with Gasteiger partial charge in [0.1, 0.15) is 0 Å². The third-order valence-electron chi connectivity index (χ3n) is 3.14. The minimum absolute atomic E-state index is 0.283. The van der Waals surface area contributed by atoms with E-state index in [-0.39, 0.29) is 6.67 Å². The zero-order valence-electron chi connectivity index (χ0n) is 11.7. The van der Waals surface area contributed by atoms with Crippen molar-refractivity contribution in [2.45, 2.75) is 0 Å². The van der Waals surface area contributed by atoms with Crippen molar-refractivity contribution in [3.05, 3.63) is 65.2 Å². The predicted molar refractivity (Wildman–Crippen MR) is 80.0 cm³/mol. The average molecular weight is 267 g/mol. The van der Waals surface area contributed by atoms with Crippen LogP contribution in [0.5, 0.6) is 0 Å². The molecule has 0 bridgehead atoms. The molecule has 0 fully saturated rings. The van der Waals surface area contributed by atoms with E-state index in [2.05, 4.69) is 4.98 Å². The Morgan fingerprint density at radius 3 is 2.75 bits per heavy atom. The quantitative estimate of drug-likeness (QED) is 0.711. The summed E-state index contributed by atoms with van der Waals surface area (Å²) < 4.78 is 7.49. The molecule has 20 heavy (non-hydrogen) atoms. The van der Waals surface area contributed by atoms with Crippen molar-refractivity contribution < 1.29 is 1.41 Å². The molecule has 0 unspecified atom stereocenters. The monoisotopic (exact) mass is 267 g/mol. The van der Waals surface area contributed by atoms with Crippen LogP contribution in [0.3, 0.4) is 0 Å². The summed E-state index contributed by atoms with van der Waals surface area (Å²) in [6, 6.07) is 15.0. The van der Waals surface area contributed by atoms with E-state index in [1.807, 2.05) is 41.3 Å². The molecule has 1 heterocycles. The number of para-hydroxylation sites is 1. The Balaban J connectivity index is 2.16. The van der Waals surface area contributed by atoms with E-state index in [9.17, 15) is 4.79 Å². The Hall–Kier alpha value is -2.66. The lowest BCUT2D eigenvalue weighted by atomic mass is 10.2. The highest BCUT2D eigenvalue weighted by Gasteiger charge is 2.09. The fourth-order valence-electron chi connectivity index (χ4n) is 2.16. The Kier molecular flexibility index (Phi) is 2.88. The summed E-state index contributed by atoms with van der Waals surface area (Å²) in [5, 5.41) is 0.402. The van der Waals surface area contributed by atoms with Gasteiger partial charge in [0.2, 0.25) is 0 Å². The molecule has 0 saturated heterocycles. The number of nitrogens with two attached hydrogens (primary N) is 1. The van der Waals surface area contributed by atoms with E-state index >= 15 is 0 Å². The van der Waals surface area contributed by atoms with Crippen molar-refractivity contribution in [3.63, 3.8) is 0 Å². The van der Waals surface area contributed by atoms with Crippen molar-refractivity contribution in [1.82, 2.24) is 9.96 Å². The van der Waals surface area contributed by atoms with Gasteiger partial charge in [-0.3, -0.25) is 4.79 Å². The van der Waals surface area contributed by atoms with Crippen molar-refractivity contribution in [2.24, 2.45) is 5.73 Å². The van der Waals surface area contributed by atoms with Crippen molar-refractivity contribution in [3.8, 4) is 0 Å². The van der Waals surface area contributed by atoms with Crippen LogP contribution in [0.1, 0.15) is 0 Å². The molecule has 0 aliphatic carbocycles. The summed E-state index contributed by atoms with van der Waals surface area (Å²) in [7, 11) is 0. The Labute approximate surface area is 117 Å². The number of benzene rings is 2. The lowest BCUT2D eigenvalue weighted by Crippen LogP contribution is -2.25. The smallest absolute Gasteiger partial charge is 0.258 e. The van der Waals surface area contributed by atoms with Gasteiger partial charge in [0.15, 0.2) is 1.41 Å². The van der Waals surface area contributed by atoms with Crippen molar-refractivity contribution in [1.29, 1.82) is 0 Å². The molecule has 2 aromatic carbocycles. The van der Waals surface area contributed by atoms with Crippen LogP contribution in [0.25, 0.3) is 10.9 Å². The Morgan fingerprint density at radius 2 is 2.00 bits per heavy atom. The third-order valence-corrected chi connectivity index (χ3v) is 3.14. The molecule has 100 valence electrons. The SMILES string of the molecule is [2H]n1cnc2ccc(N(CN)c3ccccc3)cc2c1=O. The first-order valence-corrected chi connectivity index (χ1v) is 6.24. The van der Waals surface area contributed by atoms with Gasteiger partial charge in [0.05, 0.1) is 23.9 Å². The zero-order valence-corrected chi connectivity index (χ0v) is 10.7. The maximum Gasteiger partial charge on any atom is 0.258 e. The largest absolute Gasteiger partial charge is 0.328 e. The number of fused-ring (bicyclic) bond motifs is 1. The van der Waals surface area contributed by atoms with E-state index in [4.69, 9.17) is 7.15 Å². The van der Waals surface area contributed by atoms with Gasteiger partial charge >= 0.3 is 0 Å². The van der Waals surface area contributed by atoms with E-state index in [0.717, 1.165) is 16.4 Å². The molecule has 1 aromatic heterocycles. The lowest BCUT2D eigenvalue weighted by molar-refractivity contribution is 0.983. The Morgan fingerprint density at radius 1 is 1.20 bits per heavy atom. The third kappa shape index (κ3) is 2.15. The molecule has 0 saturated carbocycles. The van der Waals surface area contributed by atoms with Gasteiger partial charge in [-0.05, 0) is 30.3 Å². The summed E-state index contributed by atoms with van der Waals surface area (Å²) in [4.78, 5) is 18.7. The average Bonchev–Trinajstić information content (AvgIpc) is 2.53. The molecule has 0 amide bonds. The highest BCUT2D eigenvalue weighted by atomic mass is 16.1. The second kappa shape index (κ2) is 5.14. The number of hydrogen-bond acceptors (Lipinski definition) is 4. The standard InChI is InChI=1S/C15H14N4O/c16-9-19(11-4-2-1-3-5-11)12-6-7-14-13(8-12)15(20)18-10-17-14/h1-8,10H,9,16H2,(H,17,18,20)/i/hD. The summed E-state index contributed by atoms with van der Waals surface area (Å²) in [6.07, 6.45) is 1.20. The number of rotatable bonds is 3. The topological polar surface area (TPSA) is 75.0 Å². The highest BCUT2D eigenvalue weighted by Crippen LogP contribution is 2.25. The van der Waals surface area contributed by atoms with Gasteiger partial charge in [0, 0.05) is 11.4 Å². The molecule has 0 spiro atoms. The van der Waals surface area contributed by atoms with Crippen molar-refractivity contribution >= 4 is 22.3 Å². The molecule has 5 heteroatoms. The fraction of sp³-hybridized carbons (Fsp3) is 0.0667. The molecular formula is C15H14N4O. The number of H-pyrrole nitrogens is 1. The summed E-state index contributed by atoms with van der Waals surface area (Å²) >= 11 is 0. The van der Waals surface area contributed by atoms with Crippen LogP contribution in [0, 0.1) is 0 Å². The Bertz CT molecular complexity index is 832. The second-order valence-electron chi connectivity index (χ2n) is 4.33. The van der Waals surface area contributed by atoms with Crippen LogP contribution in [-0.2, 0) is 0 Å². The first kappa shape index (κ1) is 11.2. The first-order chi connectivity index (χ1) is 10.2. The van der Waals surface area contributed by atoms with Gasteiger partial charge in [-0.2, -0.15) is 0 Å². The van der Waals surface area contributed by atoms with Gasteiger partial charge in [-0.15, -0.1) is 0 Å². The first-order valence-electron chi connectivity index (χ1n) is 6.69. The number of nitrogens with one attached hydrogen (secondary N) is 1. The number of anilines is 2. The molecule has 3 rings (SSSR count). The molecular weight excluding hydrogens is 252 g/mol.